The molecule has 1 fully saturated rings. The summed E-state index contributed by atoms with van der Waals surface area (Å²) in [6.45, 7) is 8.66. The molecule has 1 saturated heterocycles. The van der Waals surface area contributed by atoms with Crippen molar-refractivity contribution in [2.24, 2.45) is 0 Å². The number of sulfonamides is 1. The van der Waals surface area contributed by atoms with Crippen LogP contribution in [0.1, 0.15) is 20.8 Å². The maximum atomic E-state index is 11.7. The Morgan fingerprint density at radius 3 is 2.00 bits per heavy atom. The lowest BCUT2D eigenvalue weighted by Gasteiger charge is -2.41. The summed E-state index contributed by atoms with van der Waals surface area (Å²) in [5, 5.41) is 8.70. The smallest absolute Gasteiger partial charge is 0.216 e. The zero-order valence-electron chi connectivity index (χ0n) is 10.3. The lowest BCUT2D eigenvalue weighted by molar-refractivity contribution is 0.0920. The highest BCUT2D eigenvalue weighted by Gasteiger charge is 2.30. The molecule has 6 heteroatoms. The molecule has 1 aliphatic heterocycles. The Balaban J connectivity index is 2.56. The van der Waals surface area contributed by atoms with Crippen molar-refractivity contribution >= 4 is 10.0 Å². The van der Waals surface area contributed by atoms with Crippen LogP contribution in [-0.2, 0) is 10.0 Å². The Morgan fingerprint density at radius 1 is 1.12 bits per heavy atom. The Kier molecular flexibility index (Phi) is 4.34. The zero-order valence-corrected chi connectivity index (χ0v) is 11.1. The van der Waals surface area contributed by atoms with E-state index in [2.05, 4.69) is 25.7 Å². The summed E-state index contributed by atoms with van der Waals surface area (Å²) in [5.74, 6) is -0.164. The van der Waals surface area contributed by atoms with Crippen LogP contribution in [-0.4, -0.2) is 66.8 Å². The molecule has 0 aromatic heterocycles. The maximum Gasteiger partial charge on any atom is 0.216 e. The number of hydrogen-bond donors (Lipinski definition) is 1. The second kappa shape index (κ2) is 5.00. The molecular weight excluding hydrogens is 228 g/mol. The van der Waals surface area contributed by atoms with Crippen LogP contribution < -0.4 is 0 Å². The number of aliphatic hydroxyl groups excluding tert-OH is 1. The summed E-state index contributed by atoms with van der Waals surface area (Å²) in [6, 6.07) is 0. The van der Waals surface area contributed by atoms with E-state index in [1.54, 1.807) is 0 Å². The molecule has 0 radical (unpaired) electrons. The first-order valence-electron chi connectivity index (χ1n) is 5.61. The molecule has 0 amide bonds. The zero-order chi connectivity index (χ0) is 12.4. The highest BCUT2D eigenvalue weighted by atomic mass is 32.2. The number of rotatable bonds is 3. The first-order valence-corrected chi connectivity index (χ1v) is 7.22. The van der Waals surface area contributed by atoms with E-state index in [1.165, 1.54) is 4.31 Å². The molecule has 5 nitrogen and oxygen atoms in total. The van der Waals surface area contributed by atoms with E-state index in [0.29, 0.717) is 13.1 Å². The Labute approximate surface area is 98.1 Å². The van der Waals surface area contributed by atoms with E-state index >= 15 is 0 Å². The second-order valence-corrected chi connectivity index (χ2v) is 7.19. The molecule has 0 saturated carbocycles. The number of nitrogens with zero attached hydrogens (tertiary/aromatic N) is 2. The molecular formula is C10H22N2O3S. The molecule has 0 aromatic rings. The highest BCUT2D eigenvalue weighted by Crippen LogP contribution is 2.17. The maximum absolute atomic E-state index is 11.7. The van der Waals surface area contributed by atoms with Crippen LogP contribution in [0, 0.1) is 0 Å². The number of aliphatic hydroxyl groups is 1. The lowest BCUT2D eigenvalue weighted by Crippen LogP contribution is -2.55. The third-order valence-corrected chi connectivity index (χ3v) is 4.78. The predicted molar refractivity (Wildman–Crippen MR) is 63.8 cm³/mol. The summed E-state index contributed by atoms with van der Waals surface area (Å²) >= 11 is 0. The van der Waals surface area contributed by atoms with Gasteiger partial charge in [-0.1, -0.05) is 0 Å². The van der Waals surface area contributed by atoms with Crippen molar-refractivity contribution in [2.45, 2.75) is 26.3 Å². The lowest BCUT2D eigenvalue weighted by atomic mass is 10.1. The summed E-state index contributed by atoms with van der Waals surface area (Å²) in [7, 11) is -3.25. The average Bonchev–Trinajstić information content (AvgIpc) is 2.16. The average molecular weight is 250 g/mol. The molecule has 1 rings (SSSR count). The molecule has 0 atom stereocenters. The highest BCUT2D eigenvalue weighted by molar-refractivity contribution is 7.89. The van der Waals surface area contributed by atoms with Gasteiger partial charge in [0.1, 0.15) is 0 Å². The van der Waals surface area contributed by atoms with Gasteiger partial charge < -0.3 is 5.11 Å². The van der Waals surface area contributed by atoms with Crippen LogP contribution in [0.5, 0.6) is 0 Å². The van der Waals surface area contributed by atoms with E-state index < -0.39 is 10.0 Å². The van der Waals surface area contributed by atoms with Crippen molar-refractivity contribution in [1.82, 2.24) is 9.21 Å². The predicted octanol–water partition coefficient (Wildman–Crippen LogP) is -0.275. The third-order valence-electron chi connectivity index (χ3n) is 2.93. The molecule has 96 valence electrons. The van der Waals surface area contributed by atoms with E-state index in [0.717, 1.165) is 13.1 Å². The number of hydrogen-bond acceptors (Lipinski definition) is 4. The quantitative estimate of drug-likeness (QED) is 0.749. The van der Waals surface area contributed by atoms with Crippen LogP contribution in [0.3, 0.4) is 0 Å². The summed E-state index contributed by atoms with van der Waals surface area (Å²) in [6.07, 6.45) is 0. The minimum atomic E-state index is -3.25. The first-order chi connectivity index (χ1) is 7.27. The van der Waals surface area contributed by atoms with Crippen molar-refractivity contribution < 1.29 is 13.5 Å². The van der Waals surface area contributed by atoms with Gasteiger partial charge >= 0.3 is 0 Å². The van der Waals surface area contributed by atoms with Crippen molar-refractivity contribution in [3.8, 4) is 0 Å². The molecule has 0 aromatic carbocycles. The first kappa shape index (κ1) is 13.9. The molecule has 0 aliphatic carbocycles. The SMILES string of the molecule is CC(C)(C)N1CCN(S(=O)(=O)CCO)CC1. The molecule has 0 unspecified atom stereocenters. The topological polar surface area (TPSA) is 60.9 Å². The largest absolute Gasteiger partial charge is 0.395 e. The molecule has 0 bridgehead atoms. The van der Waals surface area contributed by atoms with Crippen LogP contribution in [0.25, 0.3) is 0 Å². The molecule has 1 N–H and O–H groups in total. The fourth-order valence-electron chi connectivity index (χ4n) is 1.88. The van der Waals surface area contributed by atoms with Gasteiger partial charge in [-0.05, 0) is 20.8 Å². The van der Waals surface area contributed by atoms with Gasteiger partial charge in [0.2, 0.25) is 10.0 Å². The monoisotopic (exact) mass is 250 g/mol. The molecule has 1 heterocycles. The van der Waals surface area contributed by atoms with Crippen molar-refractivity contribution in [3.63, 3.8) is 0 Å². The van der Waals surface area contributed by atoms with Gasteiger partial charge in [-0.3, -0.25) is 4.90 Å². The minimum Gasteiger partial charge on any atom is -0.395 e. The van der Waals surface area contributed by atoms with Gasteiger partial charge in [0.25, 0.3) is 0 Å². The van der Waals surface area contributed by atoms with Crippen LogP contribution in [0.15, 0.2) is 0 Å². The van der Waals surface area contributed by atoms with Crippen LogP contribution in [0.2, 0.25) is 0 Å². The van der Waals surface area contributed by atoms with E-state index in [-0.39, 0.29) is 17.9 Å². The molecule has 16 heavy (non-hydrogen) atoms. The van der Waals surface area contributed by atoms with Crippen molar-refractivity contribution in [2.75, 3.05) is 38.5 Å². The van der Waals surface area contributed by atoms with Gasteiger partial charge in [0.15, 0.2) is 0 Å². The van der Waals surface area contributed by atoms with Gasteiger partial charge in [-0.2, -0.15) is 4.31 Å². The normalized spacial score (nSPS) is 21.2. The Hall–Kier alpha value is -0.170. The van der Waals surface area contributed by atoms with Gasteiger partial charge in [0.05, 0.1) is 12.4 Å². The van der Waals surface area contributed by atoms with E-state index in [9.17, 15) is 8.42 Å². The summed E-state index contributed by atoms with van der Waals surface area (Å²) in [5.41, 5.74) is 0.0901. The molecule has 0 spiro atoms. The third kappa shape index (κ3) is 3.41. The van der Waals surface area contributed by atoms with E-state index in [4.69, 9.17) is 5.11 Å². The fraction of sp³-hybridized carbons (Fsp3) is 1.00. The van der Waals surface area contributed by atoms with Gasteiger partial charge in [-0.25, -0.2) is 8.42 Å². The van der Waals surface area contributed by atoms with E-state index in [1.807, 2.05) is 0 Å². The summed E-state index contributed by atoms with van der Waals surface area (Å²) in [4.78, 5) is 2.28. The van der Waals surface area contributed by atoms with Gasteiger partial charge in [0, 0.05) is 31.7 Å². The minimum absolute atomic E-state index is 0.0901. The molecule has 1 aliphatic rings. The fourth-order valence-corrected chi connectivity index (χ4v) is 3.09. The van der Waals surface area contributed by atoms with Crippen LogP contribution >= 0.6 is 0 Å². The van der Waals surface area contributed by atoms with Gasteiger partial charge in [-0.15, -0.1) is 0 Å². The Bertz CT molecular complexity index is 313. The summed E-state index contributed by atoms with van der Waals surface area (Å²) < 4.78 is 24.9. The van der Waals surface area contributed by atoms with Crippen LogP contribution in [0.4, 0.5) is 0 Å². The van der Waals surface area contributed by atoms with Crippen molar-refractivity contribution in [1.29, 1.82) is 0 Å². The Morgan fingerprint density at radius 2 is 1.62 bits per heavy atom. The number of piperazine rings is 1. The standard InChI is InChI=1S/C10H22N2O3S/c1-10(2,3)11-4-6-12(7-5-11)16(14,15)9-8-13/h13H,4-9H2,1-3H3. The van der Waals surface area contributed by atoms with Crippen molar-refractivity contribution in [3.05, 3.63) is 0 Å². The second-order valence-electron chi connectivity index (χ2n) is 5.10.